The molecule has 0 aromatic rings. The van der Waals surface area contributed by atoms with E-state index in [0.717, 1.165) is 0 Å². The van der Waals surface area contributed by atoms with Crippen LogP contribution in [-0.2, 0) is 0 Å². The lowest BCUT2D eigenvalue weighted by Gasteiger charge is -2.16. The van der Waals surface area contributed by atoms with Crippen molar-refractivity contribution in [3.05, 3.63) is 23.5 Å². The average Bonchev–Trinajstić information content (AvgIpc) is 2.12. The Morgan fingerprint density at radius 1 is 1.33 bits per heavy atom. The van der Waals surface area contributed by atoms with Gasteiger partial charge in [0.25, 0.3) is 0 Å². The molecule has 1 unspecified atom stereocenters. The number of hydrogen-bond acceptors (Lipinski definition) is 1. The van der Waals surface area contributed by atoms with Gasteiger partial charge in [-0.3, -0.25) is 0 Å². The maximum atomic E-state index is 3.39. The molecule has 0 heterocycles. The van der Waals surface area contributed by atoms with Crippen LogP contribution in [0.4, 0.5) is 0 Å². The Bertz CT molecular complexity index is 177. The molecule has 12 heavy (non-hydrogen) atoms. The van der Waals surface area contributed by atoms with E-state index in [-0.39, 0.29) is 0 Å². The second kappa shape index (κ2) is 5.87. The van der Waals surface area contributed by atoms with E-state index < -0.39 is 0 Å². The summed E-state index contributed by atoms with van der Waals surface area (Å²) in [5.41, 5.74) is 2.55. The molecule has 0 radical (unpaired) electrons. The van der Waals surface area contributed by atoms with Crippen LogP contribution in [0.1, 0.15) is 41.0 Å². The maximum Gasteiger partial charge on any atom is 0.0133 e. The highest BCUT2D eigenvalue weighted by molar-refractivity contribution is 5.10. The van der Waals surface area contributed by atoms with Gasteiger partial charge in [0, 0.05) is 11.4 Å². The number of rotatable bonds is 4. The van der Waals surface area contributed by atoms with Gasteiger partial charge in [-0.05, 0) is 33.1 Å². The Kier molecular flexibility index (Phi) is 5.52. The molecule has 1 heteroatoms. The summed E-state index contributed by atoms with van der Waals surface area (Å²) in [6.07, 6.45) is 5.43. The standard InChI is InChI=1S/C11H21N/c1-6-9(4)11(8-3)12-10(5)7-2/h7-9,12H,6H2,1-5H3/b10-7-,11-8-. The van der Waals surface area contributed by atoms with Crippen LogP contribution in [-0.4, -0.2) is 0 Å². The van der Waals surface area contributed by atoms with E-state index in [1.807, 2.05) is 6.92 Å². The van der Waals surface area contributed by atoms with E-state index in [0.29, 0.717) is 5.92 Å². The molecule has 0 saturated carbocycles. The van der Waals surface area contributed by atoms with E-state index >= 15 is 0 Å². The van der Waals surface area contributed by atoms with Crippen LogP contribution < -0.4 is 5.32 Å². The van der Waals surface area contributed by atoms with Gasteiger partial charge in [-0.15, -0.1) is 0 Å². The fraction of sp³-hybridized carbons (Fsp3) is 0.636. The van der Waals surface area contributed by atoms with Crippen molar-refractivity contribution < 1.29 is 0 Å². The first-order chi connectivity index (χ1) is 5.65. The van der Waals surface area contributed by atoms with Crippen LogP contribution in [0.5, 0.6) is 0 Å². The summed E-state index contributed by atoms with van der Waals surface area (Å²) in [6, 6.07) is 0. The number of nitrogens with one attached hydrogen (secondary N) is 1. The molecule has 0 spiro atoms. The molecule has 0 aromatic carbocycles. The van der Waals surface area contributed by atoms with Crippen LogP contribution in [0.3, 0.4) is 0 Å². The molecule has 0 aromatic heterocycles. The highest BCUT2D eigenvalue weighted by Gasteiger charge is 2.04. The molecule has 0 fully saturated rings. The van der Waals surface area contributed by atoms with E-state index in [1.165, 1.54) is 17.8 Å². The summed E-state index contributed by atoms with van der Waals surface area (Å²) < 4.78 is 0. The summed E-state index contributed by atoms with van der Waals surface area (Å²) in [4.78, 5) is 0. The fourth-order valence-corrected chi connectivity index (χ4v) is 1.000. The smallest absolute Gasteiger partial charge is 0.0133 e. The third kappa shape index (κ3) is 3.61. The molecule has 1 nitrogen and oxygen atoms in total. The predicted molar refractivity (Wildman–Crippen MR) is 55.8 cm³/mol. The van der Waals surface area contributed by atoms with E-state index in [4.69, 9.17) is 0 Å². The normalized spacial score (nSPS) is 16.1. The van der Waals surface area contributed by atoms with Crippen molar-refractivity contribution in [3.8, 4) is 0 Å². The lowest BCUT2D eigenvalue weighted by Crippen LogP contribution is -2.16. The van der Waals surface area contributed by atoms with Gasteiger partial charge >= 0.3 is 0 Å². The van der Waals surface area contributed by atoms with Gasteiger partial charge in [0.05, 0.1) is 0 Å². The van der Waals surface area contributed by atoms with Crippen LogP contribution in [0.25, 0.3) is 0 Å². The summed E-state index contributed by atoms with van der Waals surface area (Å²) in [5.74, 6) is 0.630. The SMILES string of the molecule is C/C=C(/C)N/C(=C\C)C(C)CC. The first kappa shape index (κ1) is 11.3. The van der Waals surface area contributed by atoms with Crippen molar-refractivity contribution in [3.63, 3.8) is 0 Å². The molecule has 1 N–H and O–H groups in total. The molecule has 0 aliphatic heterocycles. The molecule has 1 atom stereocenters. The monoisotopic (exact) mass is 167 g/mol. The second-order valence-corrected chi connectivity index (χ2v) is 3.15. The van der Waals surface area contributed by atoms with Gasteiger partial charge in [-0.1, -0.05) is 26.0 Å². The molecule has 0 aliphatic rings. The van der Waals surface area contributed by atoms with E-state index in [9.17, 15) is 0 Å². The quantitative estimate of drug-likeness (QED) is 0.676. The fourth-order valence-electron chi connectivity index (χ4n) is 1.000. The largest absolute Gasteiger partial charge is 0.363 e. The van der Waals surface area contributed by atoms with Crippen molar-refractivity contribution >= 4 is 0 Å². The minimum Gasteiger partial charge on any atom is -0.363 e. The van der Waals surface area contributed by atoms with Gasteiger partial charge in [0.15, 0.2) is 0 Å². The van der Waals surface area contributed by atoms with Gasteiger partial charge in [0.2, 0.25) is 0 Å². The summed E-state index contributed by atoms with van der Waals surface area (Å²) in [6.45, 7) is 10.7. The zero-order valence-corrected chi connectivity index (χ0v) is 8.94. The van der Waals surface area contributed by atoms with Crippen molar-refractivity contribution in [1.29, 1.82) is 0 Å². The van der Waals surface area contributed by atoms with Crippen LogP contribution in [0.2, 0.25) is 0 Å². The summed E-state index contributed by atoms with van der Waals surface area (Å²) >= 11 is 0. The Morgan fingerprint density at radius 3 is 2.25 bits per heavy atom. The highest BCUT2D eigenvalue weighted by Crippen LogP contribution is 2.12. The number of allylic oxidation sites excluding steroid dienone is 4. The van der Waals surface area contributed by atoms with Crippen LogP contribution >= 0.6 is 0 Å². The molecule has 0 aliphatic carbocycles. The topological polar surface area (TPSA) is 12.0 Å². The van der Waals surface area contributed by atoms with Crippen molar-refractivity contribution in [2.45, 2.75) is 41.0 Å². The Balaban J connectivity index is 4.20. The minimum absolute atomic E-state index is 0.630. The maximum absolute atomic E-state index is 3.39. The third-order valence-corrected chi connectivity index (χ3v) is 2.23. The third-order valence-electron chi connectivity index (χ3n) is 2.23. The molecular formula is C11H21N. The Morgan fingerprint density at radius 2 is 1.92 bits per heavy atom. The predicted octanol–water partition coefficient (Wildman–Crippen LogP) is 3.45. The van der Waals surface area contributed by atoms with Gasteiger partial charge in [-0.2, -0.15) is 0 Å². The molecule has 0 amide bonds. The summed E-state index contributed by atoms with van der Waals surface area (Å²) in [7, 11) is 0. The van der Waals surface area contributed by atoms with Crippen LogP contribution in [0.15, 0.2) is 23.5 Å². The van der Waals surface area contributed by atoms with Gasteiger partial charge in [-0.25, -0.2) is 0 Å². The summed E-state index contributed by atoms with van der Waals surface area (Å²) in [5, 5.41) is 3.39. The Hall–Kier alpha value is -0.720. The Labute approximate surface area is 76.6 Å². The zero-order chi connectivity index (χ0) is 9.56. The minimum atomic E-state index is 0.630. The van der Waals surface area contributed by atoms with Crippen molar-refractivity contribution in [2.75, 3.05) is 0 Å². The van der Waals surface area contributed by atoms with Crippen molar-refractivity contribution in [2.24, 2.45) is 5.92 Å². The molecule has 0 bridgehead atoms. The van der Waals surface area contributed by atoms with E-state index in [2.05, 4.69) is 45.2 Å². The van der Waals surface area contributed by atoms with E-state index in [1.54, 1.807) is 0 Å². The molecule has 70 valence electrons. The molecule has 0 rings (SSSR count). The first-order valence-electron chi connectivity index (χ1n) is 4.71. The lowest BCUT2D eigenvalue weighted by molar-refractivity contribution is 0.612. The lowest BCUT2D eigenvalue weighted by atomic mass is 10.0. The average molecular weight is 167 g/mol. The van der Waals surface area contributed by atoms with Crippen LogP contribution in [0, 0.1) is 5.92 Å². The molecule has 0 saturated heterocycles. The van der Waals surface area contributed by atoms with Crippen molar-refractivity contribution in [1.82, 2.24) is 5.32 Å². The highest BCUT2D eigenvalue weighted by atomic mass is 14.9. The second-order valence-electron chi connectivity index (χ2n) is 3.15. The van der Waals surface area contributed by atoms with Gasteiger partial charge < -0.3 is 5.32 Å². The first-order valence-corrected chi connectivity index (χ1v) is 4.71. The number of hydrogen-bond donors (Lipinski definition) is 1. The zero-order valence-electron chi connectivity index (χ0n) is 8.94. The molecular weight excluding hydrogens is 146 g/mol. The van der Waals surface area contributed by atoms with Gasteiger partial charge in [0.1, 0.15) is 0 Å².